The second kappa shape index (κ2) is 6.33. The third-order valence-corrected chi connectivity index (χ3v) is 3.26. The Kier molecular flexibility index (Phi) is 4.50. The van der Waals surface area contributed by atoms with Gasteiger partial charge in [0.25, 0.3) is 17.5 Å². The van der Waals surface area contributed by atoms with E-state index >= 15 is 0 Å². The van der Waals surface area contributed by atoms with E-state index in [2.05, 4.69) is 0 Å². The highest BCUT2D eigenvalue weighted by Crippen LogP contribution is 2.30. The molecule has 8 nitrogen and oxygen atoms in total. The quantitative estimate of drug-likeness (QED) is 0.259. The third kappa shape index (κ3) is 2.95. The highest BCUT2D eigenvalue weighted by atomic mass is 16.6. The minimum Gasteiger partial charge on any atom is -0.466 e. The molecule has 0 unspecified atom stereocenters. The lowest BCUT2D eigenvalue weighted by Crippen LogP contribution is -2.31. The maximum absolute atomic E-state index is 12.2. The van der Waals surface area contributed by atoms with E-state index in [1.165, 1.54) is 25.1 Å². The highest BCUT2D eigenvalue weighted by molar-refractivity contribution is 6.23. The lowest BCUT2D eigenvalue weighted by atomic mass is 10.1. The smallest absolute Gasteiger partial charge is 0.302 e. The predicted octanol–water partition coefficient (Wildman–Crippen LogP) is 1.53. The number of carbonyl (C=O) groups is 3. The number of nitrogens with zero attached hydrogens (tertiary/aromatic N) is 2. The molecule has 0 radical (unpaired) electrons. The molecule has 0 aromatic heterocycles. The van der Waals surface area contributed by atoms with Crippen molar-refractivity contribution in [2.75, 3.05) is 13.2 Å². The first-order valence-electron chi connectivity index (χ1n) is 6.70. The average Bonchev–Trinajstić information content (AvgIpc) is 2.71. The number of esters is 1. The van der Waals surface area contributed by atoms with Crippen molar-refractivity contribution in [3.05, 3.63) is 39.4 Å². The maximum atomic E-state index is 12.2. The molecule has 1 aliphatic rings. The number of carbonyl (C=O) groups excluding carboxylic acids is 3. The van der Waals surface area contributed by atoms with Crippen molar-refractivity contribution in [1.29, 1.82) is 0 Å². The molecule has 2 amide bonds. The molecule has 0 N–H and O–H groups in total. The number of unbranched alkanes of at least 4 members (excludes halogenated alkanes) is 1. The second-order valence-electron chi connectivity index (χ2n) is 4.77. The van der Waals surface area contributed by atoms with Gasteiger partial charge in [-0.3, -0.25) is 29.4 Å². The number of fused-ring (bicyclic) bond motifs is 1. The van der Waals surface area contributed by atoms with Gasteiger partial charge in [0, 0.05) is 19.5 Å². The van der Waals surface area contributed by atoms with Crippen molar-refractivity contribution in [2.45, 2.75) is 19.8 Å². The molecule has 0 saturated heterocycles. The SMILES string of the molecule is CC(=O)OCCCCN1C(=O)c2cccc([N+](=O)[O-])c2C1=O. The van der Waals surface area contributed by atoms with Gasteiger partial charge in [0.15, 0.2) is 0 Å². The van der Waals surface area contributed by atoms with Gasteiger partial charge in [0.2, 0.25) is 0 Å². The van der Waals surface area contributed by atoms with E-state index in [1.54, 1.807) is 0 Å². The zero-order chi connectivity index (χ0) is 16.3. The molecule has 0 spiro atoms. The number of hydrogen-bond acceptors (Lipinski definition) is 6. The third-order valence-electron chi connectivity index (χ3n) is 3.26. The molecule has 1 aromatic rings. The van der Waals surface area contributed by atoms with Gasteiger partial charge < -0.3 is 4.74 Å². The number of ether oxygens (including phenoxy) is 1. The monoisotopic (exact) mass is 306 g/mol. The number of rotatable bonds is 6. The van der Waals surface area contributed by atoms with Crippen molar-refractivity contribution >= 4 is 23.5 Å². The highest BCUT2D eigenvalue weighted by Gasteiger charge is 2.40. The molecule has 116 valence electrons. The molecule has 0 saturated carbocycles. The molecule has 22 heavy (non-hydrogen) atoms. The summed E-state index contributed by atoms with van der Waals surface area (Å²) in [6, 6.07) is 3.99. The predicted molar refractivity (Wildman–Crippen MR) is 74.3 cm³/mol. The van der Waals surface area contributed by atoms with Crippen molar-refractivity contribution in [1.82, 2.24) is 4.90 Å². The standard InChI is InChI=1S/C14H14N2O6/c1-9(17)22-8-3-2-7-15-13(18)10-5-4-6-11(16(20)21)12(10)14(15)19/h4-6H,2-3,7-8H2,1H3. The van der Waals surface area contributed by atoms with Crippen LogP contribution in [-0.4, -0.2) is 40.8 Å². The van der Waals surface area contributed by atoms with Crippen molar-refractivity contribution in [3.63, 3.8) is 0 Å². The van der Waals surface area contributed by atoms with Crippen LogP contribution in [0.5, 0.6) is 0 Å². The van der Waals surface area contributed by atoms with Crippen LogP contribution in [0.1, 0.15) is 40.5 Å². The number of nitro groups is 1. The number of benzene rings is 1. The fraction of sp³-hybridized carbons (Fsp3) is 0.357. The van der Waals surface area contributed by atoms with E-state index in [-0.39, 0.29) is 30.0 Å². The van der Waals surface area contributed by atoms with Gasteiger partial charge >= 0.3 is 5.97 Å². The molecule has 1 heterocycles. The minimum absolute atomic E-state index is 0.0548. The largest absolute Gasteiger partial charge is 0.466 e. The van der Waals surface area contributed by atoms with Gasteiger partial charge in [-0.15, -0.1) is 0 Å². The van der Waals surface area contributed by atoms with Gasteiger partial charge in [0.1, 0.15) is 5.56 Å². The van der Waals surface area contributed by atoms with Crippen molar-refractivity contribution in [3.8, 4) is 0 Å². The summed E-state index contributed by atoms with van der Waals surface area (Å²) < 4.78 is 4.76. The first-order valence-corrected chi connectivity index (χ1v) is 6.70. The van der Waals surface area contributed by atoms with E-state index in [1.807, 2.05) is 0 Å². The maximum Gasteiger partial charge on any atom is 0.302 e. The van der Waals surface area contributed by atoms with Crippen LogP contribution in [-0.2, 0) is 9.53 Å². The molecule has 0 bridgehead atoms. The fourth-order valence-corrected chi connectivity index (χ4v) is 2.26. The molecule has 1 aliphatic heterocycles. The Morgan fingerprint density at radius 1 is 1.27 bits per heavy atom. The molecule has 0 aliphatic carbocycles. The molecule has 0 atom stereocenters. The lowest BCUT2D eigenvalue weighted by molar-refractivity contribution is -0.385. The summed E-state index contributed by atoms with van der Waals surface area (Å²) in [6.45, 7) is 1.63. The summed E-state index contributed by atoms with van der Waals surface area (Å²) in [7, 11) is 0. The zero-order valence-corrected chi connectivity index (χ0v) is 11.9. The van der Waals surface area contributed by atoms with Crippen LogP contribution in [0, 0.1) is 10.1 Å². The van der Waals surface area contributed by atoms with Crippen LogP contribution >= 0.6 is 0 Å². The van der Waals surface area contributed by atoms with Crippen LogP contribution in [0.3, 0.4) is 0 Å². The Balaban J connectivity index is 2.06. The van der Waals surface area contributed by atoms with Crippen LogP contribution in [0.25, 0.3) is 0 Å². The zero-order valence-electron chi connectivity index (χ0n) is 11.9. The van der Waals surface area contributed by atoms with Gasteiger partial charge in [0.05, 0.1) is 17.1 Å². The number of amides is 2. The van der Waals surface area contributed by atoms with Crippen LogP contribution in [0.4, 0.5) is 5.69 Å². The Labute approximate surface area is 125 Å². The first-order chi connectivity index (χ1) is 10.4. The normalized spacial score (nSPS) is 13.2. The Bertz CT molecular complexity index is 655. The minimum atomic E-state index is -0.672. The number of nitro benzene ring substituents is 1. The van der Waals surface area contributed by atoms with Crippen molar-refractivity contribution < 1.29 is 24.0 Å². The van der Waals surface area contributed by atoms with Crippen LogP contribution in [0.2, 0.25) is 0 Å². The van der Waals surface area contributed by atoms with Crippen LogP contribution < -0.4 is 0 Å². The Hall–Kier alpha value is -2.77. The van der Waals surface area contributed by atoms with Crippen LogP contribution in [0.15, 0.2) is 18.2 Å². The van der Waals surface area contributed by atoms with E-state index in [0.717, 1.165) is 4.90 Å². The molecular formula is C14H14N2O6. The average molecular weight is 306 g/mol. The van der Waals surface area contributed by atoms with E-state index < -0.39 is 22.7 Å². The summed E-state index contributed by atoms with van der Waals surface area (Å²) in [5.41, 5.74) is -0.463. The number of imide groups is 1. The van der Waals surface area contributed by atoms with Crippen molar-refractivity contribution in [2.24, 2.45) is 0 Å². The summed E-state index contributed by atoms with van der Waals surface area (Å²) in [6.07, 6.45) is 0.946. The summed E-state index contributed by atoms with van der Waals surface area (Å²) in [4.78, 5) is 46.3. The Morgan fingerprint density at radius 2 is 2.00 bits per heavy atom. The lowest BCUT2D eigenvalue weighted by Gasteiger charge is -2.13. The Morgan fingerprint density at radius 3 is 2.64 bits per heavy atom. The fourth-order valence-electron chi connectivity index (χ4n) is 2.26. The summed E-state index contributed by atoms with van der Waals surface area (Å²) in [5.74, 6) is -1.58. The van der Waals surface area contributed by atoms with E-state index in [0.29, 0.717) is 12.8 Å². The van der Waals surface area contributed by atoms with Gasteiger partial charge in [-0.1, -0.05) is 6.07 Å². The molecule has 1 aromatic carbocycles. The molecule has 8 heteroatoms. The second-order valence-corrected chi connectivity index (χ2v) is 4.77. The van der Waals surface area contributed by atoms with E-state index in [9.17, 15) is 24.5 Å². The molecule has 2 rings (SSSR count). The molecule has 0 fully saturated rings. The summed E-state index contributed by atoms with van der Waals surface area (Å²) in [5, 5.41) is 11.0. The summed E-state index contributed by atoms with van der Waals surface area (Å²) >= 11 is 0. The molecular weight excluding hydrogens is 292 g/mol. The topological polar surface area (TPSA) is 107 Å². The number of hydrogen-bond donors (Lipinski definition) is 0. The van der Waals surface area contributed by atoms with Gasteiger partial charge in [-0.25, -0.2) is 0 Å². The van der Waals surface area contributed by atoms with Gasteiger partial charge in [-0.2, -0.15) is 0 Å². The van der Waals surface area contributed by atoms with E-state index in [4.69, 9.17) is 4.74 Å². The first kappa shape index (κ1) is 15.6. The van der Waals surface area contributed by atoms with Gasteiger partial charge in [-0.05, 0) is 18.9 Å².